The summed E-state index contributed by atoms with van der Waals surface area (Å²) in [5.41, 5.74) is 7.43. The van der Waals surface area contributed by atoms with Gasteiger partial charge >= 0.3 is 6.18 Å². The summed E-state index contributed by atoms with van der Waals surface area (Å²) in [4.78, 5) is 12.2. The Morgan fingerprint density at radius 2 is 1.77 bits per heavy atom. The van der Waals surface area contributed by atoms with E-state index < -0.39 is 17.6 Å². The fourth-order valence-corrected chi connectivity index (χ4v) is 3.41. The second-order valence-electron chi connectivity index (χ2n) is 7.23. The smallest absolute Gasteiger partial charge is 0.318 e. The summed E-state index contributed by atoms with van der Waals surface area (Å²) < 4.78 is 40.5. The molecule has 3 rings (SSSR count). The van der Waals surface area contributed by atoms with Gasteiger partial charge in [0.2, 0.25) is 0 Å². The molecular formula is C23H22F3N3O. The highest BCUT2D eigenvalue weighted by atomic mass is 19.4. The number of amides is 1. The Hall–Kier alpha value is -3.35. The number of hydrogen-bond acceptors (Lipinski definition) is 2. The van der Waals surface area contributed by atoms with Crippen molar-refractivity contribution in [2.24, 2.45) is 5.10 Å². The molecule has 0 aliphatic carbocycles. The lowest BCUT2D eigenvalue weighted by atomic mass is 10.1. The summed E-state index contributed by atoms with van der Waals surface area (Å²) in [6.45, 7) is 8.01. The lowest BCUT2D eigenvalue weighted by Gasteiger charge is -2.13. The van der Waals surface area contributed by atoms with Gasteiger partial charge in [-0.05, 0) is 63.6 Å². The fraction of sp³-hybridized carbons (Fsp3) is 0.217. The molecule has 0 aliphatic heterocycles. The van der Waals surface area contributed by atoms with Crippen molar-refractivity contribution in [2.45, 2.75) is 33.9 Å². The van der Waals surface area contributed by atoms with Gasteiger partial charge in [0, 0.05) is 28.2 Å². The topological polar surface area (TPSA) is 46.4 Å². The van der Waals surface area contributed by atoms with Crippen molar-refractivity contribution < 1.29 is 18.0 Å². The van der Waals surface area contributed by atoms with Crippen molar-refractivity contribution in [3.05, 3.63) is 87.7 Å². The van der Waals surface area contributed by atoms with Crippen LogP contribution in [-0.4, -0.2) is 16.7 Å². The number of carbonyl (C=O) groups excluding carboxylic acids is 1. The predicted molar refractivity (Wildman–Crippen MR) is 111 cm³/mol. The molecular weight excluding hydrogens is 391 g/mol. The standard InChI is InChI=1S/C23H22F3N3O/c1-14-8-9-21(15(2)10-14)29-16(3)11-19(17(29)4)13-27-28-22(30)18-6-5-7-20(12-18)23(24,25)26/h5-13H,1-4H3,(H,28,30)/b27-13-. The first-order valence-electron chi connectivity index (χ1n) is 9.35. The van der Waals surface area contributed by atoms with Gasteiger partial charge in [0.15, 0.2) is 0 Å². The van der Waals surface area contributed by atoms with Gasteiger partial charge in [-0.3, -0.25) is 4.79 Å². The van der Waals surface area contributed by atoms with Crippen LogP contribution in [0.25, 0.3) is 5.69 Å². The van der Waals surface area contributed by atoms with E-state index in [1.807, 2.05) is 39.8 Å². The van der Waals surface area contributed by atoms with Crippen molar-refractivity contribution in [1.29, 1.82) is 0 Å². The van der Waals surface area contributed by atoms with Gasteiger partial charge in [0.25, 0.3) is 5.91 Å². The Labute approximate surface area is 173 Å². The summed E-state index contributed by atoms with van der Waals surface area (Å²) in [7, 11) is 0. The number of aromatic nitrogens is 1. The SMILES string of the molecule is Cc1ccc(-n2c(C)cc(/C=N\NC(=O)c3cccc(C(F)(F)F)c3)c2C)c(C)c1. The predicted octanol–water partition coefficient (Wildman–Crippen LogP) is 5.49. The molecule has 1 aromatic heterocycles. The van der Waals surface area contributed by atoms with Crippen molar-refractivity contribution in [1.82, 2.24) is 9.99 Å². The van der Waals surface area contributed by atoms with Gasteiger partial charge in [-0.25, -0.2) is 5.43 Å². The Kier molecular flexibility index (Phi) is 5.82. The van der Waals surface area contributed by atoms with Crippen LogP contribution in [0.5, 0.6) is 0 Å². The number of nitrogens with zero attached hydrogens (tertiary/aromatic N) is 2. The Morgan fingerprint density at radius 1 is 1.03 bits per heavy atom. The van der Waals surface area contributed by atoms with Crippen molar-refractivity contribution in [3.8, 4) is 5.69 Å². The molecule has 0 saturated heterocycles. The largest absolute Gasteiger partial charge is 0.416 e. The second-order valence-corrected chi connectivity index (χ2v) is 7.23. The molecule has 7 heteroatoms. The van der Waals surface area contributed by atoms with Crippen molar-refractivity contribution in [2.75, 3.05) is 0 Å². The molecule has 2 aromatic carbocycles. The molecule has 0 bridgehead atoms. The van der Waals surface area contributed by atoms with Crippen molar-refractivity contribution >= 4 is 12.1 Å². The molecule has 3 aromatic rings. The van der Waals surface area contributed by atoms with Gasteiger partial charge in [-0.2, -0.15) is 18.3 Å². The maximum Gasteiger partial charge on any atom is 0.416 e. The first-order valence-corrected chi connectivity index (χ1v) is 9.35. The molecule has 0 fully saturated rings. The van der Waals surface area contributed by atoms with E-state index in [0.29, 0.717) is 0 Å². The molecule has 0 aliphatic rings. The highest BCUT2D eigenvalue weighted by molar-refractivity contribution is 5.95. The maximum atomic E-state index is 12.8. The molecule has 4 nitrogen and oxygen atoms in total. The Morgan fingerprint density at radius 3 is 2.43 bits per heavy atom. The van der Waals surface area contributed by atoms with E-state index in [-0.39, 0.29) is 5.56 Å². The number of nitrogens with one attached hydrogen (secondary N) is 1. The van der Waals surface area contributed by atoms with E-state index in [4.69, 9.17) is 0 Å². The number of hydrazone groups is 1. The highest BCUT2D eigenvalue weighted by Gasteiger charge is 2.30. The molecule has 1 amide bonds. The zero-order valence-electron chi connectivity index (χ0n) is 17.1. The average molecular weight is 413 g/mol. The van der Waals surface area contributed by atoms with Crippen LogP contribution in [-0.2, 0) is 6.18 Å². The second kappa shape index (κ2) is 8.18. The van der Waals surface area contributed by atoms with Crippen LogP contribution in [0.2, 0.25) is 0 Å². The fourth-order valence-electron chi connectivity index (χ4n) is 3.41. The highest BCUT2D eigenvalue weighted by Crippen LogP contribution is 2.29. The minimum atomic E-state index is -4.51. The normalized spacial score (nSPS) is 11.8. The zero-order valence-corrected chi connectivity index (χ0v) is 17.1. The molecule has 1 N–H and O–H groups in total. The lowest BCUT2D eigenvalue weighted by Crippen LogP contribution is -2.18. The van der Waals surface area contributed by atoms with Crippen LogP contribution in [0, 0.1) is 27.7 Å². The number of halogens is 3. The van der Waals surface area contributed by atoms with E-state index >= 15 is 0 Å². The molecule has 0 saturated carbocycles. The first kappa shape index (κ1) is 21.4. The minimum absolute atomic E-state index is 0.109. The van der Waals surface area contributed by atoms with Gasteiger partial charge in [0.05, 0.1) is 11.8 Å². The van der Waals surface area contributed by atoms with Gasteiger partial charge in [0.1, 0.15) is 0 Å². The molecule has 0 atom stereocenters. The van der Waals surface area contributed by atoms with Crippen LogP contribution < -0.4 is 5.43 Å². The third-order valence-corrected chi connectivity index (χ3v) is 4.89. The van der Waals surface area contributed by atoms with Crippen LogP contribution in [0.15, 0.2) is 53.6 Å². The van der Waals surface area contributed by atoms with Crippen LogP contribution in [0.4, 0.5) is 13.2 Å². The number of hydrogen-bond donors (Lipinski definition) is 1. The molecule has 30 heavy (non-hydrogen) atoms. The lowest BCUT2D eigenvalue weighted by molar-refractivity contribution is -0.137. The number of benzene rings is 2. The third kappa shape index (κ3) is 4.45. The van der Waals surface area contributed by atoms with E-state index in [1.165, 1.54) is 23.9 Å². The zero-order chi connectivity index (χ0) is 22.1. The van der Waals surface area contributed by atoms with Crippen molar-refractivity contribution in [3.63, 3.8) is 0 Å². The Bertz CT molecular complexity index is 1130. The number of alkyl halides is 3. The molecule has 156 valence electrons. The molecule has 1 heterocycles. The van der Waals surface area contributed by atoms with Gasteiger partial charge in [-0.15, -0.1) is 0 Å². The van der Waals surface area contributed by atoms with Crippen LogP contribution in [0.1, 0.15) is 44.0 Å². The summed E-state index contributed by atoms with van der Waals surface area (Å²) in [6, 6.07) is 12.4. The van der Waals surface area contributed by atoms with Crippen LogP contribution in [0.3, 0.4) is 0 Å². The van der Waals surface area contributed by atoms with Crippen LogP contribution >= 0.6 is 0 Å². The Balaban J connectivity index is 1.80. The molecule has 0 spiro atoms. The van der Waals surface area contributed by atoms with Gasteiger partial charge in [-0.1, -0.05) is 23.8 Å². The third-order valence-electron chi connectivity index (χ3n) is 4.89. The number of aryl methyl sites for hydroxylation is 3. The monoisotopic (exact) mass is 413 g/mol. The maximum absolute atomic E-state index is 12.8. The quantitative estimate of drug-likeness (QED) is 0.446. The summed E-state index contributed by atoms with van der Waals surface area (Å²) >= 11 is 0. The summed E-state index contributed by atoms with van der Waals surface area (Å²) in [5, 5.41) is 3.94. The van der Waals surface area contributed by atoms with E-state index in [9.17, 15) is 18.0 Å². The first-order chi connectivity index (χ1) is 14.1. The molecule has 0 radical (unpaired) electrons. The summed E-state index contributed by atoms with van der Waals surface area (Å²) in [5.74, 6) is -0.708. The number of rotatable bonds is 4. The van der Waals surface area contributed by atoms with E-state index in [1.54, 1.807) is 0 Å². The minimum Gasteiger partial charge on any atom is -0.318 e. The van der Waals surface area contributed by atoms with Gasteiger partial charge < -0.3 is 4.57 Å². The molecule has 0 unspecified atom stereocenters. The van der Waals surface area contributed by atoms with E-state index in [2.05, 4.69) is 27.2 Å². The van der Waals surface area contributed by atoms with E-state index in [0.717, 1.165) is 40.3 Å². The number of carbonyl (C=O) groups is 1. The summed E-state index contributed by atoms with van der Waals surface area (Å²) in [6.07, 6.45) is -3.01. The average Bonchev–Trinajstić information content (AvgIpc) is 2.95.